The summed E-state index contributed by atoms with van der Waals surface area (Å²) in [7, 11) is 0. The summed E-state index contributed by atoms with van der Waals surface area (Å²) in [6.45, 7) is 4.25. The van der Waals surface area contributed by atoms with Gasteiger partial charge in [0, 0.05) is 38.0 Å². The summed E-state index contributed by atoms with van der Waals surface area (Å²) < 4.78 is 10.8. The molecule has 22 heavy (non-hydrogen) atoms. The van der Waals surface area contributed by atoms with Crippen LogP contribution in [0.1, 0.15) is 23.9 Å². The molecule has 4 rings (SSSR count). The second kappa shape index (κ2) is 5.65. The zero-order valence-corrected chi connectivity index (χ0v) is 12.5. The molecule has 1 saturated heterocycles. The molecular formula is C17H20N2O3. The van der Waals surface area contributed by atoms with E-state index in [1.54, 1.807) is 12.5 Å². The standard InChI is InChI=1S/C17H20N2O3/c20-17(15-11-14(15)16-4-2-10-22-16)19-7-5-18(6-8-19)12-13-3-1-9-21-13/h1-4,9-10,14-15H,5-8,11-12H2/t14-,15+/m1/s1. The number of furan rings is 2. The van der Waals surface area contributed by atoms with E-state index < -0.39 is 0 Å². The molecule has 2 fully saturated rings. The number of amides is 1. The molecule has 2 aromatic heterocycles. The zero-order valence-electron chi connectivity index (χ0n) is 12.5. The van der Waals surface area contributed by atoms with Crippen LogP contribution in [0.15, 0.2) is 45.6 Å². The molecule has 0 aromatic carbocycles. The van der Waals surface area contributed by atoms with Crippen molar-refractivity contribution in [2.45, 2.75) is 18.9 Å². The minimum atomic E-state index is 0.128. The number of carbonyl (C=O) groups excluding carboxylic acids is 1. The molecular weight excluding hydrogens is 280 g/mol. The average molecular weight is 300 g/mol. The second-order valence-corrected chi connectivity index (χ2v) is 6.14. The van der Waals surface area contributed by atoms with Gasteiger partial charge in [-0.25, -0.2) is 0 Å². The lowest BCUT2D eigenvalue weighted by molar-refractivity contribution is -0.134. The van der Waals surface area contributed by atoms with Crippen molar-refractivity contribution in [3.63, 3.8) is 0 Å². The Balaban J connectivity index is 1.28. The smallest absolute Gasteiger partial charge is 0.226 e. The van der Waals surface area contributed by atoms with Gasteiger partial charge in [-0.2, -0.15) is 0 Å². The maximum Gasteiger partial charge on any atom is 0.226 e. The van der Waals surface area contributed by atoms with E-state index in [1.807, 2.05) is 29.2 Å². The number of rotatable bonds is 4. The summed E-state index contributed by atoms with van der Waals surface area (Å²) in [5.41, 5.74) is 0. The van der Waals surface area contributed by atoms with Gasteiger partial charge in [0.05, 0.1) is 19.1 Å². The average Bonchev–Trinajstić information content (AvgIpc) is 2.94. The molecule has 3 heterocycles. The maximum atomic E-state index is 12.5. The van der Waals surface area contributed by atoms with Gasteiger partial charge in [-0.3, -0.25) is 9.69 Å². The predicted molar refractivity (Wildman–Crippen MR) is 80.1 cm³/mol. The summed E-state index contributed by atoms with van der Waals surface area (Å²) in [6.07, 6.45) is 4.32. The second-order valence-electron chi connectivity index (χ2n) is 6.14. The van der Waals surface area contributed by atoms with Crippen LogP contribution in [0.2, 0.25) is 0 Å². The van der Waals surface area contributed by atoms with E-state index in [0.717, 1.165) is 50.7 Å². The number of hydrogen-bond acceptors (Lipinski definition) is 4. The first-order chi connectivity index (χ1) is 10.8. The lowest BCUT2D eigenvalue weighted by Crippen LogP contribution is -2.48. The van der Waals surface area contributed by atoms with Gasteiger partial charge in [0.2, 0.25) is 5.91 Å². The van der Waals surface area contributed by atoms with Crippen molar-refractivity contribution in [3.8, 4) is 0 Å². The first-order valence-corrected chi connectivity index (χ1v) is 7.88. The summed E-state index contributed by atoms with van der Waals surface area (Å²) in [6, 6.07) is 7.77. The fraction of sp³-hybridized carbons (Fsp3) is 0.471. The van der Waals surface area contributed by atoms with E-state index in [4.69, 9.17) is 8.83 Å². The molecule has 1 aliphatic heterocycles. The highest BCUT2D eigenvalue weighted by Crippen LogP contribution is 2.48. The van der Waals surface area contributed by atoms with Gasteiger partial charge in [0.25, 0.3) is 0 Å². The third-order valence-corrected chi connectivity index (χ3v) is 4.66. The Bertz CT molecular complexity index is 612. The molecule has 0 N–H and O–H groups in total. The summed E-state index contributed by atoms with van der Waals surface area (Å²) in [5, 5.41) is 0. The van der Waals surface area contributed by atoms with Crippen molar-refractivity contribution < 1.29 is 13.6 Å². The molecule has 0 spiro atoms. The Hall–Kier alpha value is -2.01. The van der Waals surface area contributed by atoms with Crippen molar-refractivity contribution in [2.75, 3.05) is 26.2 Å². The van der Waals surface area contributed by atoms with Crippen LogP contribution in [0.5, 0.6) is 0 Å². The number of carbonyl (C=O) groups is 1. The highest BCUT2D eigenvalue weighted by atomic mass is 16.3. The minimum absolute atomic E-state index is 0.128. The van der Waals surface area contributed by atoms with Crippen LogP contribution in [-0.2, 0) is 11.3 Å². The molecule has 2 aliphatic rings. The molecule has 1 saturated carbocycles. The molecule has 116 valence electrons. The lowest BCUT2D eigenvalue weighted by Gasteiger charge is -2.34. The molecule has 1 aliphatic carbocycles. The molecule has 1 amide bonds. The number of nitrogens with zero attached hydrogens (tertiary/aromatic N) is 2. The van der Waals surface area contributed by atoms with Gasteiger partial charge in [0.15, 0.2) is 0 Å². The quantitative estimate of drug-likeness (QED) is 0.869. The topological polar surface area (TPSA) is 49.8 Å². The van der Waals surface area contributed by atoms with E-state index in [-0.39, 0.29) is 5.92 Å². The monoisotopic (exact) mass is 300 g/mol. The third kappa shape index (κ3) is 2.68. The SMILES string of the molecule is O=C([C@H]1C[C@H]1c1ccco1)N1CCN(Cc2ccco2)CC1. The molecule has 2 atom stereocenters. The van der Waals surface area contributed by atoms with Crippen LogP contribution in [-0.4, -0.2) is 41.9 Å². The summed E-state index contributed by atoms with van der Waals surface area (Å²) in [5.74, 6) is 2.65. The van der Waals surface area contributed by atoms with E-state index in [0.29, 0.717) is 11.8 Å². The van der Waals surface area contributed by atoms with Crippen LogP contribution >= 0.6 is 0 Å². The van der Waals surface area contributed by atoms with Crippen molar-refractivity contribution in [3.05, 3.63) is 48.3 Å². The van der Waals surface area contributed by atoms with Crippen LogP contribution in [0.3, 0.4) is 0 Å². The van der Waals surface area contributed by atoms with Crippen LogP contribution in [0, 0.1) is 5.92 Å². The number of hydrogen-bond donors (Lipinski definition) is 0. The fourth-order valence-corrected chi connectivity index (χ4v) is 3.27. The Labute approximate surface area is 129 Å². The largest absolute Gasteiger partial charge is 0.469 e. The van der Waals surface area contributed by atoms with Crippen LogP contribution < -0.4 is 0 Å². The highest BCUT2D eigenvalue weighted by Gasteiger charge is 2.47. The van der Waals surface area contributed by atoms with Gasteiger partial charge in [-0.1, -0.05) is 0 Å². The first-order valence-electron chi connectivity index (χ1n) is 7.88. The lowest BCUT2D eigenvalue weighted by atomic mass is 10.2. The summed E-state index contributed by atoms with van der Waals surface area (Å²) >= 11 is 0. The Morgan fingerprint density at radius 2 is 1.86 bits per heavy atom. The molecule has 0 bridgehead atoms. The minimum Gasteiger partial charge on any atom is -0.469 e. The molecule has 5 nitrogen and oxygen atoms in total. The van der Waals surface area contributed by atoms with Crippen molar-refractivity contribution >= 4 is 5.91 Å². The first kappa shape index (κ1) is 13.6. The third-order valence-electron chi connectivity index (χ3n) is 4.66. The Morgan fingerprint density at radius 3 is 2.55 bits per heavy atom. The summed E-state index contributed by atoms with van der Waals surface area (Å²) in [4.78, 5) is 16.9. The van der Waals surface area contributed by atoms with Crippen molar-refractivity contribution in [1.29, 1.82) is 0 Å². The molecule has 0 radical (unpaired) electrons. The molecule has 2 aromatic rings. The Morgan fingerprint density at radius 1 is 1.09 bits per heavy atom. The number of piperazine rings is 1. The van der Waals surface area contributed by atoms with Crippen molar-refractivity contribution in [2.24, 2.45) is 5.92 Å². The van der Waals surface area contributed by atoms with E-state index in [9.17, 15) is 4.79 Å². The highest BCUT2D eigenvalue weighted by molar-refractivity contribution is 5.83. The van der Waals surface area contributed by atoms with Crippen LogP contribution in [0.4, 0.5) is 0 Å². The normalized spacial score (nSPS) is 25.4. The fourth-order valence-electron chi connectivity index (χ4n) is 3.27. The molecule has 0 unspecified atom stereocenters. The van der Waals surface area contributed by atoms with E-state index in [1.165, 1.54) is 0 Å². The van der Waals surface area contributed by atoms with E-state index in [2.05, 4.69) is 4.90 Å². The van der Waals surface area contributed by atoms with Gasteiger partial charge in [-0.05, 0) is 30.7 Å². The predicted octanol–water partition coefficient (Wildman–Crippen LogP) is 2.32. The van der Waals surface area contributed by atoms with Crippen molar-refractivity contribution in [1.82, 2.24) is 9.80 Å². The maximum absolute atomic E-state index is 12.5. The van der Waals surface area contributed by atoms with Crippen LogP contribution in [0.25, 0.3) is 0 Å². The van der Waals surface area contributed by atoms with Gasteiger partial charge in [-0.15, -0.1) is 0 Å². The van der Waals surface area contributed by atoms with E-state index >= 15 is 0 Å². The molecule has 5 heteroatoms. The van der Waals surface area contributed by atoms with Gasteiger partial charge >= 0.3 is 0 Å². The van der Waals surface area contributed by atoms with Gasteiger partial charge < -0.3 is 13.7 Å². The Kier molecular flexibility index (Phi) is 3.50. The van der Waals surface area contributed by atoms with Gasteiger partial charge in [0.1, 0.15) is 11.5 Å². The zero-order chi connectivity index (χ0) is 14.9.